The zero-order chi connectivity index (χ0) is 21.9. The van der Waals surface area contributed by atoms with Gasteiger partial charge in [0.05, 0.1) is 18.7 Å². The van der Waals surface area contributed by atoms with Crippen LogP contribution in [0.1, 0.15) is 24.1 Å². The van der Waals surface area contributed by atoms with Crippen molar-refractivity contribution in [3.05, 3.63) is 95.5 Å². The molecule has 0 spiro atoms. The fourth-order valence-corrected chi connectivity index (χ4v) is 2.83. The van der Waals surface area contributed by atoms with Crippen LogP contribution in [0.5, 0.6) is 0 Å². The van der Waals surface area contributed by atoms with Crippen molar-refractivity contribution >= 4 is 12.1 Å². The van der Waals surface area contributed by atoms with E-state index in [-0.39, 0.29) is 12.2 Å². The van der Waals surface area contributed by atoms with Crippen LogP contribution in [-0.4, -0.2) is 25.8 Å². The number of carbonyl (C=O) groups excluding carboxylic acids is 2. The van der Waals surface area contributed by atoms with Crippen LogP contribution in [0.25, 0.3) is 0 Å². The van der Waals surface area contributed by atoms with Crippen molar-refractivity contribution in [2.75, 3.05) is 13.7 Å². The molecule has 30 heavy (non-hydrogen) atoms. The zero-order valence-electron chi connectivity index (χ0n) is 17.0. The number of amides is 1. The van der Waals surface area contributed by atoms with Gasteiger partial charge < -0.3 is 20.1 Å². The zero-order valence-corrected chi connectivity index (χ0v) is 17.0. The van der Waals surface area contributed by atoms with Gasteiger partial charge in [-0.3, -0.25) is 0 Å². The molecule has 0 bridgehead atoms. The van der Waals surface area contributed by atoms with Gasteiger partial charge in [0.1, 0.15) is 12.4 Å². The number of esters is 1. The van der Waals surface area contributed by atoms with Gasteiger partial charge in [0.2, 0.25) is 0 Å². The summed E-state index contributed by atoms with van der Waals surface area (Å²) in [6.45, 7) is 5.62. The molecule has 0 saturated heterocycles. The highest BCUT2D eigenvalue weighted by atomic mass is 19.1. The molecule has 2 aromatic rings. The van der Waals surface area contributed by atoms with E-state index in [1.165, 1.54) is 31.4 Å². The Morgan fingerprint density at radius 1 is 1.17 bits per heavy atom. The van der Waals surface area contributed by atoms with E-state index in [0.29, 0.717) is 17.8 Å². The number of hydrogen-bond donors (Lipinski definition) is 2. The summed E-state index contributed by atoms with van der Waals surface area (Å²) < 4.78 is 23.8. The average Bonchev–Trinajstić information content (AvgIpc) is 2.76. The van der Waals surface area contributed by atoms with Crippen LogP contribution < -0.4 is 10.6 Å². The fraction of sp³-hybridized carbons (Fsp3) is 0.217. The van der Waals surface area contributed by atoms with Crippen LogP contribution in [0, 0.1) is 5.82 Å². The van der Waals surface area contributed by atoms with Crippen LogP contribution >= 0.6 is 0 Å². The molecule has 0 aliphatic heterocycles. The second kappa shape index (κ2) is 11.4. The maximum Gasteiger partial charge on any atom is 0.408 e. The number of methoxy groups -OCH3 is 1. The molecule has 158 valence electrons. The molecule has 0 aliphatic rings. The van der Waals surface area contributed by atoms with Crippen molar-refractivity contribution in [3.8, 4) is 0 Å². The third kappa shape index (κ3) is 6.48. The molecule has 2 aromatic carbocycles. The lowest BCUT2D eigenvalue weighted by Gasteiger charge is -2.23. The molecule has 1 amide bonds. The molecule has 2 N–H and O–H groups in total. The van der Waals surface area contributed by atoms with Gasteiger partial charge in [-0.25, -0.2) is 14.0 Å². The van der Waals surface area contributed by atoms with E-state index in [9.17, 15) is 14.0 Å². The van der Waals surface area contributed by atoms with Crippen LogP contribution in [0.3, 0.4) is 0 Å². The Kier molecular flexibility index (Phi) is 8.62. The molecule has 0 fully saturated rings. The Labute approximate surface area is 175 Å². The average molecular weight is 412 g/mol. The highest BCUT2D eigenvalue weighted by Gasteiger charge is 2.28. The van der Waals surface area contributed by atoms with E-state index in [2.05, 4.69) is 17.2 Å². The summed E-state index contributed by atoms with van der Waals surface area (Å²) in [7, 11) is 1.24. The second-order valence-corrected chi connectivity index (χ2v) is 6.39. The minimum absolute atomic E-state index is 0.00971. The highest BCUT2D eigenvalue weighted by molar-refractivity contribution is 5.91. The van der Waals surface area contributed by atoms with E-state index >= 15 is 0 Å². The molecule has 0 unspecified atom stereocenters. The number of nitrogens with one attached hydrogen (secondary N) is 2. The third-order valence-electron chi connectivity index (χ3n) is 4.27. The Bertz CT molecular complexity index is 912. The van der Waals surface area contributed by atoms with Crippen LogP contribution in [0.2, 0.25) is 0 Å². The molecule has 6 nitrogen and oxygen atoms in total. The lowest BCUT2D eigenvalue weighted by atomic mass is 9.96. The SMILES string of the molecule is C=CCOC(=O)N[C@H](C(C(=O)OC)=C(C)NCc1ccccc1)c1cccc(F)c1. The Morgan fingerprint density at radius 2 is 1.90 bits per heavy atom. The maximum atomic E-state index is 13.9. The van der Waals surface area contributed by atoms with Crippen molar-refractivity contribution in [1.29, 1.82) is 0 Å². The molecule has 0 aromatic heterocycles. The first-order chi connectivity index (χ1) is 14.5. The molecular weight excluding hydrogens is 387 g/mol. The molecule has 2 rings (SSSR count). The van der Waals surface area contributed by atoms with Gasteiger partial charge in [-0.05, 0) is 30.2 Å². The lowest BCUT2D eigenvalue weighted by molar-refractivity contribution is -0.136. The van der Waals surface area contributed by atoms with E-state index in [1.54, 1.807) is 13.0 Å². The lowest BCUT2D eigenvalue weighted by Crippen LogP contribution is -2.34. The highest BCUT2D eigenvalue weighted by Crippen LogP contribution is 2.26. The standard InChI is InChI=1S/C23H25FN2O4/c1-4-13-30-23(28)26-21(18-11-8-12-19(24)14-18)20(22(27)29-3)16(2)25-15-17-9-6-5-7-10-17/h4-12,14,21,25H,1,13,15H2,2-3H3,(H,26,28)/t21-/m0/s1. The van der Waals surface area contributed by atoms with Gasteiger partial charge in [-0.1, -0.05) is 55.1 Å². The minimum Gasteiger partial charge on any atom is -0.466 e. The first-order valence-electron chi connectivity index (χ1n) is 9.32. The molecule has 1 atom stereocenters. The van der Waals surface area contributed by atoms with Crippen molar-refractivity contribution in [2.24, 2.45) is 0 Å². The number of allylic oxidation sites excluding steroid dienone is 1. The van der Waals surface area contributed by atoms with Gasteiger partial charge in [0.15, 0.2) is 0 Å². The first-order valence-corrected chi connectivity index (χ1v) is 9.32. The predicted octanol–water partition coefficient (Wildman–Crippen LogP) is 4.02. The summed E-state index contributed by atoms with van der Waals surface area (Å²) in [4.78, 5) is 24.9. The van der Waals surface area contributed by atoms with E-state index < -0.39 is 23.9 Å². The smallest absolute Gasteiger partial charge is 0.408 e. The Hall–Kier alpha value is -3.61. The maximum absolute atomic E-state index is 13.9. The van der Waals surface area contributed by atoms with Crippen molar-refractivity contribution in [1.82, 2.24) is 10.6 Å². The quantitative estimate of drug-likeness (QED) is 0.370. The van der Waals surface area contributed by atoms with E-state index in [1.807, 2.05) is 30.3 Å². The molecular formula is C23H25FN2O4. The van der Waals surface area contributed by atoms with Gasteiger partial charge in [0.25, 0.3) is 0 Å². The van der Waals surface area contributed by atoms with Crippen molar-refractivity contribution in [3.63, 3.8) is 0 Å². The number of carbonyl (C=O) groups is 2. The minimum atomic E-state index is -0.992. The normalized spacial score (nSPS) is 12.2. The summed E-state index contributed by atoms with van der Waals surface area (Å²) in [5, 5.41) is 5.79. The van der Waals surface area contributed by atoms with Crippen molar-refractivity contribution < 1.29 is 23.5 Å². The van der Waals surface area contributed by atoms with Crippen molar-refractivity contribution in [2.45, 2.75) is 19.5 Å². The van der Waals surface area contributed by atoms with Crippen LogP contribution in [0.15, 0.2) is 78.5 Å². The molecule has 0 aliphatic carbocycles. The number of benzene rings is 2. The monoisotopic (exact) mass is 412 g/mol. The number of hydrogen-bond acceptors (Lipinski definition) is 5. The van der Waals surface area contributed by atoms with Crippen LogP contribution in [0.4, 0.5) is 9.18 Å². The van der Waals surface area contributed by atoms with Gasteiger partial charge >= 0.3 is 12.1 Å². The molecule has 0 saturated carbocycles. The largest absolute Gasteiger partial charge is 0.466 e. The first kappa shape index (κ1) is 22.7. The number of alkyl carbamates (subject to hydrolysis) is 1. The second-order valence-electron chi connectivity index (χ2n) is 6.39. The number of rotatable bonds is 9. The summed E-state index contributed by atoms with van der Waals surface area (Å²) in [6.07, 6.45) is 0.641. The fourth-order valence-electron chi connectivity index (χ4n) is 2.83. The summed E-state index contributed by atoms with van der Waals surface area (Å²) in [5.41, 5.74) is 1.98. The molecule has 0 radical (unpaired) electrons. The van der Waals surface area contributed by atoms with E-state index in [4.69, 9.17) is 9.47 Å². The summed E-state index contributed by atoms with van der Waals surface area (Å²) in [6, 6.07) is 14.2. The number of halogens is 1. The topological polar surface area (TPSA) is 76.7 Å². The Morgan fingerprint density at radius 3 is 2.53 bits per heavy atom. The number of ether oxygens (including phenoxy) is 2. The summed E-state index contributed by atoms with van der Waals surface area (Å²) >= 11 is 0. The van der Waals surface area contributed by atoms with Gasteiger partial charge in [-0.15, -0.1) is 0 Å². The molecule has 0 heterocycles. The van der Waals surface area contributed by atoms with E-state index in [0.717, 1.165) is 5.56 Å². The third-order valence-corrected chi connectivity index (χ3v) is 4.27. The van der Waals surface area contributed by atoms with Crippen LogP contribution in [-0.2, 0) is 20.8 Å². The Balaban J connectivity index is 2.42. The summed E-state index contributed by atoms with van der Waals surface area (Å²) in [5.74, 6) is -1.16. The predicted molar refractivity (Wildman–Crippen MR) is 112 cm³/mol. The van der Waals surface area contributed by atoms with Gasteiger partial charge in [0, 0.05) is 12.2 Å². The van der Waals surface area contributed by atoms with Gasteiger partial charge in [-0.2, -0.15) is 0 Å². The molecule has 7 heteroatoms.